The van der Waals surface area contributed by atoms with Crippen molar-refractivity contribution in [2.75, 3.05) is 0 Å². The van der Waals surface area contributed by atoms with Gasteiger partial charge < -0.3 is 5.11 Å². The smallest absolute Gasteiger partial charge is 0.133 e. The van der Waals surface area contributed by atoms with Gasteiger partial charge in [-0.15, -0.1) is 0 Å². The minimum absolute atomic E-state index is 0.0490. The molecular weight excluding hydrogens is 284 g/mol. The average molecular weight is 319 g/mol. The van der Waals surface area contributed by atoms with E-state index < -0.39 is 0 Å². The van der Waals surface area contributed by atoms with Gasteiger partial charge in [0.25, 0.3) is 0 Å². The molecule has 0 unspecified atom stereocenters. The van der Waals surface area contributed by atoms with Crippen LogP contribution in [0.5, 0.6) is 0 Å². The van der Waals surface area contributed by atoms with Gasteiger partial charge in [-0.2, -0.15) is 0 Å². The number of carbonyl (C=O) groups excluding carboxylic acids is 1. The zero-order valence-electron chi connectivity index (χ0n) is 15.2. The molecule has 0 heterocycles. The molecule has 4 aliphatic carbocycles. The molecular formula is C21H34O2. The molecule has 2 nitrogen and oxygen atoms in total. The Labute approximate surface area is 141 Å². The number of rotatable bonds is 1. The average Bonchev–Trinajstić information content (AvgIpc) is 2.85. The number of hydrogen-bond donors (Lipinski definition) is 1. The maximum Gasteiger partial charge on any atom is 0.133 e. The highest BCUT2D eigenvalue weighted by atomic mass is 16.3. The number of ketones is 1. The monoisotopic (exact) mass is 318 g/mol. The molecule has 130 valence electrons. The lowest BCUT2D eigenvalue weighted by molar-refractivity contribution is -0.138. The van der Waals surface area contributed by atoms with Crippen molar-refractivity contribution in [3.63, 3.8) is 0 Å². The molecule has 2 heteroatoms. The maximum atomic E-state index is 12.2. The largest absolute Gasteiger partial charge is 0.393 e. The Morgan fingerprint density at radius 2 is 1.61 bits per heavy atom. The van der Waals surface area contributed by atoms with Crippen LogP contribution in [0.3, 0.4) is 0 Å². The molecule has 4 aliphatic rings. The molecule has 1 N–H and O–H groups in total. The third-order valence-electron chi connectivity index (χ3n) is 9.13. The van der Waals surface area contributed by atoms with Crippen molar-refractivity contribution in [1.82, 2.24) is 0 Å². The van der Waals surface area contributed by atoms with E-state index in [1.54, 1.807) is 0 Å². The topological polar surface area (TPSA) is 37.3 Å². The first-order valence-electron chi connectivity index (χ1n) is 10.0. The van der Waals surface area contributed by atoms with Gasteiger partial charge in [-0.1, -0.05) is 13.8 Å². The summed E-state index contributed by atoms with van der Waals surface area (Å²) in [6, 6.07) is 0. The van der Waals surface area contributed by atoms with Gasteiger partial charge in [0, 0.05) is 5.92 Å². The highest BCUT2D eigenvalue weighted by Gasteiger charge is 2.60. The van der Waals surface area contributed by atoms with Crippen molar-refractivity contribution in [2.24, 2.45) is 40.4 Å². The van der Waals surface area contributed by atoms with E-state index in [0.29, 0.717) is 17.1 Å². The minimum atomic E-state index is -0.0490. The number of fused-ring (bicyclic) bond motifs is 5. The predicted octanol–water partition coefficient (Wildman–Crippen LogP) is 4.60. The summed E-state index contributed by atoms with van der Waals surface area (Å²) in [5.74, 6) is 3.97. The van der Waals surface area contributed by atoms with E-state index in [1.165, 1.54) is 38.5 Å². The molecule has 0 radical (unpaired) electrons. The molecule has 0 aliphatic heterocycles. The summed E-state index contributed by atoms with van der Waals surface area (Å²) < 4.78 is 0. The standard InChI is InChI=1S/C21H34O2/c1-13(22)17-6-7-18-16-5-4-14-12-15(23)8-10-20(14,2)19(16)9-11-21(17,18)3/h14-19,23H,4-12H2,1-3H3/t14-,15-,16-,17+,18-,19-,20-,21+/m1/s1. The Morgan fingerprint density at radius 3 is 2.35 bits per heavy atom. The van der Waals surface area contributed by atoms with E-state index >= 15 is 0 Å². The summed E-state index contributed by atoms with van der Waals surface area (Å²) in [4.78, 5) is 12.2. The fourth-order valence-corrected chi connectivity index (χ4v) is 7.90. The highest BCUT2D eigenvalue weighted by molar-refractivity contribution is 5.79. The van der Waals surface area contributed by atoms with Gasteiger partial charge in [-0.3, -0.25) is 4.79 Å². The SMILES string of the molecule is CC(=O)[C@@H]1CC[C@@H]2[C@H]3CC[C@@H]4C[C@H](O)CC[C@@]4(C)[C@@H]3CC[C@]21C. The third-order valence-corrected chi connectivity index (χ3v) is 9.13. The van der Waals surface area contributed by atoms with Crippen LogP contribution in [-0.4, -0.2) is 17.0 Å². The first kappa shape index (κ1) is 16.1. The molecule has 23 heavy (non-hydrogen) atoms. The molecule has 0 bridgehead atoms. The number of Topliss-reactive ketones (excluding diaryl/α,β-unsaturated/α-hetero) is 1. The normalized spacial score (nSPS) is 55.7. The summed E-state index contributed by atoms with van der Waals surface area (Å²) in [5.41, 5.74) is 0.738. The summed E-state index contributed by atoms with van der Waals surface area (Å²) in [5, 5.41) is 10.1. The summed E-state index contributed by atoms with van der Waals surface area (Å²) in [7, 11) is 0. The summed E-state index contributed by atoms with van der Waals surface area (Å²) in [6.07, 6.45) is 10.9. The quantitative estimate of drug-likeness (QED) is 0.767. The Balaban J connectivity index is 1.61. The van der Waals surface area contributed by atoms with Crippen LogP contribution < -0.4 is 0 Å². The third kappa shape index (κ3) is 2.19. The van der Waals surface area contributed by atoms with Crippen LogP contribution in [0, 0.1) is 40.4 Å². The van der Waals surface area contributed by atoms with Crippen molar-refractivity contribution in [2.45, 2.75) is 84.7 Å². The lowest BCUT2D eigenvalue weighted by Crippen LogP contribution is -2.54. The van der Waals surface area contributed by atoms with Crippen LogP contribution in [0.4, 0.5) is 0 Å². The predicted molar refractivity (Wildman–Crippen MR) is 91.9 cm³/mol. The fourth-order valence-electron chi connectivity index (χ4n) is 7.90. The van der Waals surface area contributed by atoms with Crippen LogP contribution in [0.2, 0.25) is 0 Å². The molecule has 4 fully saturated rings. The molecule has 0 aromatic carbocycles. The lowest BCUT2D eigenvalue weighted by atomic mass is 9.44. The van der Waals surface area contributed by atoms with Crippen molar-refractivity contribution >= 4 is 5.78 Å². The molecule has 0 spiro atoms. The first-order valence-corrected chi connectivity index (χ1v) is 10.0. The lowest BCUT2D eigenvalue weighted by Gasteiger charge is -2.60. The molecule has 0 aromatic rings. The number of hydrogen-bond acceptors (Lipinski definition) is 2. The van der Waals surface area contributed by atoms with Crippen molar-refractivity contribution in [3.8, 4) is 0 Å². The van der Waals surface area contributed by atoms with Gasteiger partial charge in [0.15, 0.2) is 0 Å². The minimum Gasteiger partial charge on any atom is -0.393 e. The van der Waals surface area contributed by atoms with Gasteiger partial charge in [0.1, 0.15) is 5.78 Å². The number of carbonyl (C=O) groups is 1. The molecule has 8 atom stereocenters. The Kier molecular flexibility index (Phi) is 3.72. The van der Waals surface area contributed by atoms with Crippen LogP contribution >= 0.6 is 0 Å². The van der Waals surface area contributed by atoms with Gasteiger partial charge in [0.05, 0.1) is 6.10 Å². The van der Waals surface area contributed by atoms with Gasteiger partial charge in [-0.05, 0) is 99.2 Å². The second-order valence-electron chi connectivity index (χ2n) is 9.87. The van der Waals surface area contributed by atoms with E-state index in [0.717, 1.165) is 42.9 Å². The zero-order valence-corrected chi connectivity index (χ0v) is 15.2. The summed E-state index contributed by atoms with van der Waals surface area (Å²) >= 11 is 0. The van der Waals surface area contributed by atoms with E-state index in [-0.39, 0.29) is 11.5 Å². The Bertz CT molecular complexity index is 500. The maximum absolute atomic E-state index is 12.2. The summed E-state index contributed by atoms with van der Waals surface area (Å²) in [6.45, 7) is 6.80. The van der Waals surface area contributed by atoms with E-state index in [4.69, 9.17) is 0 Å². The van der Waals surface area contributed by atoms with Gasteiger partial charge in [-0.25, -0.2) is 0 Å². The van der Waals surface area contributed by atoms with E-state index in [2.05, 4.69) is 13.8 Å². The Morgan fingerprint density at radius 1 is 0.913 bits per heavy atom. The molecule has 0 saturated heterocycles. The number of aliphatic hydroxyl groups is 1. The van der Waals surface area contributed by atoms with Gasteiger partial charge in [0.2, 0.25) is 0 Å². The van der Waals surface area contributed by atoms with Crippen LogP contribution in [0.25, 0.3) is 0 Å². The van der Waals surface area contributed by atoms with Crippen molar-refractivity contribution in [3.05, 3.63) is 0 Å². The second kappa shape index (κ2) is 5.31. The molecule has 0 aromatic heterocycles. The van der Waals surface area contributed by atoms with E-state index in [1.807, 2.05) is 6.92 Å². The number of aliphatic hydroxyl groups excluding tert-OH is 1. The van der Waals surface area contributed by atoms with Crippen molar-refractivity contribution < 1.29 is 9.90 Å². The van der Waals surface area contributed by atoms with Crippen LogP contribution in [0.15, 0.2) is 0 Å². The first-order chi connectivity index (χ1) is 10.9. The van der Waals surface area contributed by atoms with Crippen molar-refractivity contribution in [1.29, 1.82) is 0 Å². The molecule has 4 saturated carbocycles. The molecule has 0 amide bonds. The van der Waals surface area contributed by atoms with Crippen LogP contribution in [-0.2, 0) is 4.79 Å². The molecule has 4 rings (SSSR count). The fraction of sp³-hybridized carbons (Fsp3) is 0.952. The van der Waals surface area contributed by atoms with E-state index in [9.17, 15) is 9.90 Å². The zero-order chi connectivity index (χ0) is 16.4. The van der Waals surface area contributed by atoms with Crippen LogP contribution in [0.1, 0.15) is 78.6 Å². The Hall–Kier alpha value is -0.370. The van der Waals surface area contributed by atoms with Gasteiger partial charge >= 0.3 is 0 Å². The highest BCUT2D eigenvalue weighted by Crippen LogP contribution is 2.67. The second-order valence-corrected chi connectivity index (χ2v) is 9.87.